The van der Waals surface area contributed by atoms with Crippen molar-refractivity contribution in [2.24, 2.45) is 12.9 Å². The molecule has 3 N–H and O–H groups in total. The molecule has 0 aliphatic heterocycles. The summed E-state index contributed by atoms with van der Waals surface area (Å²) < 4.78 is 7.31. The molecule has 1 saturated carbocycles. The smallest absolute Gasteiger partial charge is 0.0848 e. The molecule has 0 radical (unpaired) electrons. The summed E-state index contributed by atoms with van der Waals surface area (Å²) in [4.78, 5) is 0. The highest BCUT2D eigenvalue weighted by Crippen LogP contribution is 2.38. The Bertz CT molecular complexity index is 341. The van der Waals surface area contributed by atoms with Gasteiger partial charge in [-0.05, 0) is 19.3 Å². The zero-order valence-electron chi connectivity index (χ0n) is 9.81. The van der Waals surface area contributed by atoms with Crippen LogP contribution in [0.4, 0.5) is 0 Å². The van der Waals surface area contributed by atoms with E-state index in [0.717, 1.165) is 25.0 Å². The first-order valence-electron chi connectivity index (χ1n) is 5.57. The quantitative estimate of drug-likeness (QED) is 0.534. The van der Waals surface area contributed by atoms with Crippen molar-refractivity contribution in [3.63, 3.8) is 0 Å². The zero-order chi connectivity index (χ0) is 11.6. The molecule has 6 nitrogen and oxygen atoms in total. The first-order chi connectivity index (χ1) is 7.70. The highest BCUT2D eigenvalue weighted by Gasteiger charge is 2.44. The normalized spacial score (nSPS) is 20.4. The Morgan fingerprint density at radius 1 is 1.69 bits per heavy atom. The van der Waals surface area contributed by atoms with Crippen molar-refractivity contribution in [2.75, 3.05) is 7.11 Å². The topological polar surface area (TPSA) is 78.0 Å². The lowest BCUT2D eigenvalue weighted by molar-refractivity contribution is -0.0983. The summed E-state index contributed by atoms with van der Waals surface area (Å²) in [6, 6.07) is 0.1000. The molecule has 1 heterocycles. The van der Waals surface area contributed by atoms with E-state index in [1.807, 2.05) is 13.2 Å². The van der Waals surface area contributed by atoms with Gasteiger partial charge in [-0.15, -0.1) is 5.10 Å². The predicted molar refractivity (Wildman–Crippen MR) is 59.4 cm³/mol. The molecule has 6 heteroatoms. The highest BCUT2D eigenvalue weighted by atomic mass is 16.5. The lowest BCUT2D eigenvalue weighted by atomic mass is 9.73. The second-order valence-corrected chi connectivity index (χ2v) is 4.43. The minimum atomic E-state index is -0.119. The van der Waals surface area contributed by atoms with Crippen LogP contribution in [0.2, 0.25) is 0 Å². The van der Waals surface area contributed by atoms with Gasteiger partial charge >= 0.3 is 0 Å². The van der Waals surface area contributed by atoms with E-state index < -0.39 is 0 Å². The van der Waals surface area contributed by atoms with Gasteiger partial charge in [0, 0.05) is 26.8 Å². The van der Waals surface area contributed by atoms with Gasteiger partial charge in [-0.1, -0.05) is 5.21 Å². The highest BCUT2D eigenvalue weighted by molar-refractivity contribution is 5.05. The molecule has 1 aliphatic rings. The van der Waals surface area contributed by atoms with E-state index in [-0.39, 0.29) is 11.6 Å². The summed E-state index contributed by atoms with van der Waals surface area (Å²) in [5.74, 6) is 5.61. The number of hydrogen-bond donors (Lipinski definition) is 2. The van der Waals surface area contributed by atoms with Crippen LogP contribution in [-0.4, -0.2) is 33.7 Å². The van der Waals surface area contributed by atoms with E-state index in [4.69, 9.17) is 10.6 Å². The molecule has 0 aromatic carbocycles. The Morgan fingerprint density at radius 2 is 2.44 bits per heavy atom. The maximum absolute atomic E-state index is 5.61. The van der Waals surface area contributed by atoms with Crippen LogP contribution >= 0.6 is 0 Å². The van der Waals surface area contributed by atoms with E-state index in [0.29, 0.717) is 0 Å². The maximum atomic E-state index is 5.61. The van der Waals surface area contributed by atoms with Crippen LogP contribution in [0.15, 0.2) is 6.20 Å². The summed E-state index contributed by atoms with van der Waals surface area (Å²) in [5.41, 5.74) is 3.67. The molecule has 1 aliphatic carbocycles. The molecule has 0 amide bonds. The fraction of sp³-hybridized carbons (Fsp3) is 0.800. The van der Waals surface area contributed by atoms with Gasteiger partial charge in [0.2, 0.25) is 0 Å². The summed E-state index contributed by atoms with van der Waals surface area (Å²) in [5, 5.41) is 7.98. The van der Waals surface area contributed by atoms with Gasteiger partial charge in [0.25, 0.3) is 0 Å². The van der Waals surface area contributed by atoms with Crippen LogP contribution in [0, 0.1) is 0 Å². The van der Waals surface area contributed by atoms with E-state index in [1.165, 1.54) is 6.42 Å². The van der Waals surface area contributed by atoms with Crippen molar-refractivity contribution in [2.45, 2.75) is 37.3 Å². The Labute approximate surface area is 95.1 Å². The molecule has 0 bridgehead atoms. The molecule has 0 saturated heterocycles. The number of aromatic nitrogens is 3. The number of hydrogen-bond acceptors (Lipinski definition) is 5. The van der Waals surface area contributed by atoms with Gasteiger partial charge in [-0.2, -0.15) is 0 Å². The first-order valence-corrected chi connectivity index (χ1v) is 5.57. The lowest BCUT2D eigenvalue weighted by Gasteiger charge is -2.46. The molecule has 16 heavy (non-hydrogen) atoms. The Hall–Kier alpha value is -0.980. The third kappa shape index (κ3) is 1.95. The van der Waals surface area contributed by atoms with Crippen LogP contribution in [0.5, 0.6) is 0 Å². The molecule has 0 spiro atoms. The average molecular weight is 225 g/mol. The van der Waals surface area contributed by atoms with Gasteiger partial charge in [0.1, 0.15) is 0 Å². The van der Waals surface area contributed by atoms with Crippen LogP contribution in [0.1, 0.15) is 25.0 Å². The number of ether oxygens (including phenoxy) is 1. The van der Waals surface area contributed by atoms with Gasteiger partial charge in [0.15, 0.2) is 0 Å². The van der Waals surface area contributed by atoms with Gasteiger partial charge in [0.05, 0.1) is 17.3 Å². The molecule has 1 fully saturated rings. The van der Waals surface area contributed by atoms with Crippen molar-refractivity contribution in [1.82, 2.24) is 20.4 Å². The number of aryl methyl sites for hydroxylation is 1. The Morgan fingerprint density at radius 3 is 2.81 bits per heavy atom. The molecular weight excluding hydrogens is 206 g/mol. The van der Waals surface area contributed by atoms with E-state index in [2.05, 4.69) is 15.7 Å². The van der Waals surface area contributed by atoms with Gasteiger partial charge in [-0.25, -0.2) is 0 Å². The van der Waals surface area contributed by atoms with E-state index in [1.54, 1.807) is 11.8 Å². The number of rotatable bonds is 5. The number of nitrogens with zero attached hydrogens (tertiary/aromatic N) is 3. The summed E-state index contributed by atoms with van der Waals surface area (Å²) in [6.45, 7) is 0. The fourth-order valence-corrected chi connectivity index (χ4v) is 2.31. The fourth-order valence-electron chi connectivity index (χ4n) is 2.31. The monoisotopic (exact) mass is 225 g/mol. The molecular formula is C10H19N5O. The second-order valence-electron chi connectivity index (χ2n) is 4.43. The Kier molecular flexibility index (Phi) is 3.22. The number of hydrazine groups is 1. The third-order valence-electron chi connectivity index (χ3n) is 3.51. The predicted octanol–water partition coefficient (Wildman–Crippen LogP) is -0.241. The summed E-state index contributed by atoms with van der Waals surface area (Å²) in [7, 11) is 3.61. The minimum Gasteiger partial charge on any atom is -0.377 e. The summed E-state index contributed by atoms with van der Waals surface area (Å²) in [6.07, 6.45) is 5.97. The van der Waals surface area contributed by atoms with Crippen LogP contribution in [-0.2, 0) is 18.2 Å². The SMILES string of the molecule is COC1(C(Cc2cn(C)nn2)NN)CCC1. The largest absolute Gasteiger partial charge is 0.377 e. The molecule has 1 atom stereocenters. The van der Waals surface area contributed by atoms with Crippen LogP contribution in [0.25, 0.3) is 0 Å². The van der Waals surface area contributed by atoms with Crippen LogP contribution < -0.4 is 11.3 Å². The second kappa shape index (κ2) is 4.48. The van der Waals surface area contributed by atoms with Crippen LogP contribution in [0.3, 0.4) is 0 Å². The molecule has 1 unspecified atom stereocenters. The average Bonchev–Trinajstić information content (AvgIpc) is 2.61. The number of nitrogens with two attached hydrogens (primary N) is 1. The third-order valence-corrected chi connectivity index (χ3v) is 3.51. The maximum Gasteiger partial charge on any atom is 0.0848 e. The first kappa shape index (κ1) is 11.5. The van der Waals surface area contributed by atoms with Gasteiger partial charge in [-0.3, -0.25) is 16.0 Å². The number of nitrogens with one attached hydrogen (secondary N) is 1. The lowest BCUT2D eigenvalue weighted by Crippen LogP contribution is -2.59. The number of methoxy groups -OCH3 is 1. The Balaban J connectivity index is 2.05. The van der Waals surface area contributed by atoms with E-state index in [9.17, 15) is 0 Å². The van der Waals surface area contributed by atoms with Crippen molar-refractivity contribution in [3.8, 4) is 0 Å². The van der Waals surface area contributed by atoms with Gasteiger partial charge < -0.3 is 4.74 Å². The molecule has 1 aromatic heterocycles. The van der Waals surface area contributed by atoms with E-state index >= 15 is 0 Å². The standard InChI is InChI=1S/C10H19N5O/c1-15-7-8(13-14-15)6-9(12-11)10(16-2)4-3-5-10/h7,9,12H,3-6,11H2,1-2H3. The van der Waals surface area contributed by atoms with Crippen molar-refractivity contribution in [1.29, 1.82) is 0 Å². The zero-order valence-corrected chi connectivity index (χ0v) is 9.81. The minimum absolute atomic E-state index is 0.1000. The molecule has 2 rings (SSSR count). The summed E-state index contributed by atoms with van der Waals surface area (Å²) >= 11 is 0. The molecule has 90 valence electrons. The molecule has 1 aromatic rings. The van der Waals surface area contributed by atoms with Crippen molar-refractivity contribution >= 4 is 0 Å². The van der Waals surface area contributed by atoms with Crippen molar-refractivity contribution in [3.05, 3.63) is 11.9 Å². The van der Waals surface area contributed by atoms with Crippen molar-refractivity contribution < 1.29 is 4.74 Å².